The number of hydrogen-bond acceptors (Lipinski definition) is 5. The van der Waals surface area contributed by atoms with Crippen LogP contribution in [0.3, 0.4) is 0 Å². The third-order valence-electron chi connectivity index (χ3n) is 5.04. The average Bonchev–Trinajstić information content (AvgIpc) is 2.62. The van der Waals surface area contributed by atoms with Crippen molar-refractivity contribution < 1.29 is 19.7 Å². The molecule has 0 atom stereocenters. The number of rotatable bonds is 4. The largest absolute Gasteiger partial charge is 0.507 e. The zero-order valence-electron chi connectivity index (χ0n) is 16.5. The van der Waals surface area contributed by atoms with E-state index in [1.807, 2.05) is 33.8 Å². The van der Waals surface area contributed by atoms with E-state index >= 15 is 0 Å². The molecule has 0 aliphatic carbocycles. The third kappa shape index (κ3) is 2.93. The van der Waals surface area contributed by atoms with Crippen LogP contribution in [0.15, 0.2) is 51.7 Å². The second-order valence-electron chi connectivity index (χ2n) is 7.75. The summed E-state index contributed by atoms with van der Waals surface area (Å²) in [5, 5.41) is 32.2. The van der Waals surface area contributed by atoms with Gasteiger partial charge in [0.2, 0.25) is 5.43 Å². The number of para-hydroxylation sites is 1. The highest BCUT2D eigenvalue weighted by molar-refractivity contribution is 5.99. The van der Waals surface area contributed by atoms with Crippen LogP contribution in [-0.2, 0) is 11.8 Å². The highest BCUT2D eigenvalue weighted by atomic mass is 16.4. The maximum absolute atomic E-state index is 13.2. The summed E-state index contributed by atoms with van der Waals surface area (Å²) in [6.45, 7) is 11.3. The van der Waals surface area contributed by atoms with Crippen LogP contribution >= 0.6 is 0 Å². The number of aromatic hydroxyl groups is 3. The van der Waals surface area contributed by atoms with E-state index in [9.17, 15) is 20.1 Å². The Hall–Kier alpha value is -3.21. The molecular weight excluding hydrogens is 356 g/mol. The maximum atomic E-state index is 13.2. The molecule has 28 heavy (non-hydrogen) atoms. The zero-order valence-corrected chi connectivity index (χ0v) is 16.5. The van der Waals surface area contributed by atoms with Crippen molar-refractivity contribution in [2.75, 3.05) is 0 Å². The van der Waals surface area contributed by atoms with Gasteiger partial charge in [-0.2, -0.15) is 0 Å². The quantitative estimate of drug-likeness (QED) is 0.436. The SMILES string of the molecule is C=CC(C)(C)c1c(O)c(CC=C(C)C)c(O)c2c(=O)c3cccc(O)c3oc12. The molecule has 0 radical (unpaired) electrons. The van der Waals surface area contributed by atoms with Crippen molar-refractivity contribution in [2.45, 2.75) is 39.5 Å². The van der Waals surface area contributed by atoms with Crippen molar-refractivity contribution in [1.82, 2.24) is 0 Å². The Balaban J connectivity index is 2.62. The summed E-state index contributed by atoms with van der Waals surface area (Å²) >= 11 is 0. The summed E-state index contributed by atoms with van der Waals surface area (Å²) in [4.78, 5) is 13.2. The summed E-state index contributed by atoms with van der Waals surface area (Å²) in [6, 6.07) is 4.48. The van der Waals surface area contributed by atoms with Crippen LogP contribution in [0.25, 0.3) is 21.9 Å². The van der Waals surface area contributed by atoms with Gasteiger partial charge in [0, 0.05) is 16.5 Å². The first-order valence-electron chi connectivity index (χ1n) is 9.02. The fourth-order valence-corrected chi connectivity index (χ4v) is 3.31. The molecule has 0 aliphatic heterocycles. The monoisotopic (exact) mass is 380 g/mol. The Morgan fingerprint density at radius 2 is 1.82 bits per heavy atom. The lowest BCUT2D eigenvalue weighted by Gasteiger charge is -2.25. The summed E-state index contributed by atoms with van der Waals surface area (Å²) in [7, 11) is 0. The van der Waals surface area contributed by atoms with Crippen molar-refractivity contribution in [1.29, 1.82) is 0 Å². The normalized spacial score (nSPS) is 11.7. The minimum Gasteiger partial charge on any atom is -0.507 e. The standard InChI is InChI=1S/C23H24O5/c1-6-23(4,5)17-20(27)13(11-10-12(2)3)18(25)16-19(26)14-8-7-9-15(24)21(14)28-22(16)17/h6-10,24-25,27H,1,11H2,2-5H3. The summed E-state index contributed by atoms with van der Waals surface area (Å²) < 4.78 is 5.89. The van der Waals surface area contributed by atoms with Gasteiger partial charge in [0.05, 0.1) is 5.39 Å². The first-order valence-corrected chi connectivity index (χ1v) is 9.02. The first-order chi connectivity index (χ1) is 13.1. The molecule has 0 fully saturated rings. The van der Waals surface area contributed by atoms with Gasteiger partial charge in [-0.25, -0.2) is 0 Å². The van der Waals surface area contributed by atoms with Crippen LogP contribution in [0.2, 0.25) is 0 Å². The van der Waals surface area contributed by atoms with E-state index in [0.29, 0.717) is 5.56 Å². The van der Waals surface area contributed by atoms with Gasteiger partial charge < -0.3 is 19.7 Å². The molecule has 3 rings (SSSR count). The number of phenolic OH excluding ortho intramolecular Hbond substituents is 3. The maximum Gasteiger partial charge on any atom is 0.204 e. The van der Waals surface area contributed by atoms with E-state index < -0.39 is 10.8 Å². The smallest absolute Gasteiger partial charge is 0.204 e. The number of hydrogen-bond donors (Lipinski definition) is 3. The second kappa shape index (κ2) is 6.75. The van der Waals surface area contributed by atoms with E-state index in [-0.39, 0.29) is 51.2 Å². The van der Waals surface area contributed by atoms with Gasteiger partial charge >= 0.3 is 0 Å². The van der Waals surface area contributed by atoms with Crippen molar-refractivity contribution in [3.8, 4) is 17.2 Å². The number of allylic oxidation sites excluding steroid dienone is 3. The van der Waals surface area contributed by atoms with Crippen LogP contribution in [0.4, 0.5) is 0 Å². The van der Waals surface area contributed by atoms with Crippen molar-refractivity contribution >= 4 is 21.9 Å². The lowest BCUT2D eigenvalue weighted by Crippen LogP contribution is -2.17. The van der Waals surface area contributed by atoms with Gasteiger partial charge in [-0.15, -0.1) is 6.58 Å². The van der Waals surface area contributed by atoms with Crippen LogP contribution in [0.5, 0.6) is 17.2 Å². The van der Waals surface area contributed by atoms with Gasteiger partial charge in [-0.3, -0.25) is 4.79 Å². The molecule has 0 bridgehead atoms. The van der Waals surface area contributed by atoms with Crippen LogP contribution in [0.1, 0.15) is 38.8 Å². The predicted octanol–water partition coefficient (Wildman–Crippen LogP) is 5.04. The molecule has 0 saturated heterocycles. The first kappa shape index (κ1) is 19.5. The van der Waals surface area contributed by atoms with Gasteiger partial charge in [-0.1, -0.05) is 37.6 Å². The fourth-order valence-electron chi connectivity index (χ4n) is 3.31. The Morgan fingerprint density at radius 3 is 2.43 bits per heavy atom. The van der Waals surface area contributed by atoms with Crippen LogP contribution in [0, 0.1) is 0 Å². The molecule has 2 aromatic carbocycles. The van der Waals surface area contributed by atoms with Gasteiger partial charge in [0.15, 0.2) is 11.3 Å². The van der Waals surface area contributed by atoms with Crippen LogP contribution < -0.4 is 5.43 Å². The number of phenols is 3. The average molecular weight is 380 g/mol. The molecule has 1 heterocycles. The lowest BCUT2D eigenvalue weighted by atomic mass is 9.81. The fraction of sp³-hybridized carbons (Fsp3) is 0.261. The Labute approximate surface area is 162 Å². The van der Waals surface area contributed by atoms with Crippen molar-refractivity contribution in [3.05, 3.63) is 63.9 Å². The lowest BCUT2D eigenvalue weighted by molar-refractivity contribution is 0.428. The predicted molar refractivity (Wildman–Crippen MR) is 111 cm³/mol. The Bertz CT molecular complexity index is 1190. The van der Waals surface area contributed by atoms with E-state index in [1.165, 1.54) is 18.2 Å². The Morgan fingerprint density at radius 1 is 1.14 bits per heavy atom. The molecule has 0 saturated carbocycles. The molecule has 3 N–H and O–H groups in total. The van der Waals surface area contributed by atoms with Gasteiger partial charge in [-0.05, 0) is 32.4 Å². The van der Waals surface area contributed by atoms with Gasteiger partial charge in [0.1, 0.15) is 22.5 Å². The van der Waals surface area contributed by atoms with Gasteiger partial charge in [0.25, 0.3) is 0 Å². The molecule has 0 spiro atoms. The Kier molecular flexibility index (Phi) is 4.71. The second-order valence-corrected chi connectivity index (χ2v) is 7.75. The van der Waals surface area contributed by atoms with E-state index in [4.69, 9.17) is 4.42 Å². The molecule has 0 amide bonds. The topological polar surface area (TPSA) is 90.9 Å². The molecule has 5 nitrogen and oxygen atoms in total. The molecule has 5 heteroatoms. The summed E-state index contributed by atoms with van der Waals surface area (Å²) in [5.74, 6) is -0.649. The highest BCUT2D eigenvalue weighted by Gasteiger charge is 2.31. The minimum atomic E-state index is -0.760. The van der Waals surface area contributed by atoms with E-state index in [2.05, 4.69) is 6.58 Å². The van der Waals surface area contributed by atoms with Crippen molar-refractivity contribution in [3.63, 3.8) is 0 Å². The highest BCUT2D eigenvalue weighted by Crippen LogP contribution is 2.46. The third-order valence-corrected chi connectivity index (χ3v) is 5.04. The minimum absolute atomic E-state index is 0.0111. The molecular formula is C23H24O5. The molecule has 146 valence electrons. The van der Waals surface area contributed by atoms with E-state index in [1.54, 1.807) is 6.08 Å². The van der Waals surface area contributed by atoms with E-state index in [0.717, 1.165) is 5.57 Å². The molecule has 1 aromatic heterocycles. The number of benzene rings is 2. The van der Waals surface area contributed by atoms with Crippen LogP contribution in [-0.4, -0.2) is 15.3 Å². The molecule has 0 aliphatic rings. The zero-order chi connectivity index (χ0) is 20.8. The summed E-state index contributed by atoms with van der Waals surface area (Å²) in [5.41, 5.74) is 0.434. The van der Waals surface area contributed by atoms with Crippen molar-refractivity contribution in [2.24, 2.45) is 0 Å². The number of fused-ring (bicyclic) bond motifs is 2. The molecule has 0 unspecified atom stereocenters. The molecule has 3 aromatic rings. The summed E-state index contributed by atoms with van der Waals surface area (Å²) in [6.07, 6.45) is 3.76.